The molecule has 0 aromatic rings. The smallest absolute Gasteiger partial charge is 0.310 e. The molecule has 0 rings (SSSR count). The van der Waals surface area contributed by atoms with Gasteiger partial charge in [0.05, 0.1) is 0 Å². The van der Waals surface area contributed by atoms with E-state index in [0.717, 1.165) is 26.4 Å². The highest BCUT2D eigenvalue weighted by Crippen LogP contribution is 2.10. The number of carboxylic acid groups (broad SMARTS) is 1. The Balaban J connectivity index is 0. The molecule has 0 radical (unpaired) electrons. The summed E-state index contributed by atoms with van der Waals surface area (Å²) >= 11 is 0. The van der Waals surface area contributed by atoms with Gasteiger partial charge in [-0.3, -0.25) is 4.79 Å². The van der Waals surface area contributed by atoms with E-state index in [4.69, 9.17) is 14.6 Å². The van der Waals surface area contributed by atoms with Crippen LogP contribution in [0.1, 0.15) is 59.3 Å². The molecular formula is C14H29NO7. The molecule has 0 aliphatic heterocycles. The first-order valence-corrected chi connectivity index (χ1v) is 7.48. The average molecular weight is 323 g/mol. The number of hydrogen-bond acceptors (Lipinski definition) is 7. The summed E-state index contributed by atoms with van der Waals surface area (Å²) in [6.07, 6.45) is 3.22. The molecule has 8 nitrogen and oxygen atoms in total. The molecule has 22 heavy (non-hydrogen) atoms. The van der Waals surface area contributed by atoms with Gasteiger partial charge in [0.2, 0.25) is 0 Å². The molecule has 2 N–H and O–H groups in total. The van der Waals surface area contributed by atoms with Crippen molar-refractivity contribution < 1.29 is 39.4 Å². The maximum absolute atomic E-state index is 11.4. The van der Waals surface area contributed by atoms with Gasteiger partial charge in [0, 0.05) is 20.5 Å². The Morgan fingerprint density at radius 1 is 1.14 bits per heavy atom. The average Bonchev–Trinajstić information content (AvgIpc) is 2.47. The first-order chi connectivity index (χ1) is 10.2. The fourth-order valence-corrected chi connectivity index (χ4v) is 1.46. The van der Waals surface area contributed by atoms with Gasteiger partial charge in [-0.05, 0) is 18.2 Å². The Kier molecular flexibility index (Phi) is 13.8. The molecule has 0 saturated heterocycles. The van der Waals surface area contributed by atoms with E-state index in [1.807, 2.05) is 0 Å². The van der Waals surface area contributed by atoms with Crippen molar-refractivity contribution in [2.45, 2.75) is 65.5 Å². The summed E-state index contributed by atoms with van der Waals surface area (Å²) in [5, 5.41) is 27.8. The summed E-state index contributed by atoms with van der Waals surface area (Å²) in [5.41, 5.74) is 0. The van der Waals surface area contributed by atoms with E-state index in [2.05, 4.69) is 11.7 Å². The van der Waals surface area contributed by atoms with Crippen LogP contribution in [0.25, 0.3) is 0 Å². The van der Waals surface area contributed by atoms with Gasteiger partial charge in [-0.1, -0.05) is 32.6 Å². The second-order valence-electron chi connectivity index (χ2n) is 4.81. The number of hydroxylamine groups is 4. The van der Waals surface area contributed by atoms with Crippen LogP contribution in [0.2, 0.25) is 0 Å². The maximum Gasteiger partial charge on any atom is 0.310 e. The van der Waals surface area contributed by atoms with E-state index >= 15 is 0 Å². The second-order valence-corrected chi connectivity index (χ2v) is 4.81. The Morgan fingerprint density at radius 2 is 1.64 bits per heavy atom. The number of unbranched alkanes of at least 4 members (excludes halogenated alkanes) is 4. The number of rotatable bonds is 9. The van der Waals surface area contributed by atoms with E-state index in [-0.39, 0.29) is 12.5 Å². The highest BCUT2D eigenvalue weighted by molar-refractivity contribution is 5.69. The largest absolute Gasteiger partial charge is 0.553 e. The SMILES string of the molecule is CCCCCCCC(=O)OC(C)[N+](O)(O)CC.COC(=O)[O-]. The Morgan fingerprint density at radius 3 is 2.05 bits per heavy atom. The van der Waals surface area contributed by atoms with Crippen LogP contribution in [-0.4, -0.2) is 47.2 Å². The van der Waals surface area contributed by atoms with Gasteiger partial charge in [0.1, 0.15) is 6.54 Å². The third-order valence-corrected chi connectivity index (χ3v) is 3.00. The third-order valence-electron chi connectivity index (χ3n) is 3.00. The molecule has 8 heteroatoms. The van der Waals surface area contributed by atoms with Gasteiger partial charge >= 0.3 is 5.97 Å². The zero-order valence-corrected chi connectivity index (χ0v) is 13.9. The molecule has 0 aliphatic carbocycles. The lowest BCUT2D eigenvalue weighted by Gasteiger charge is -2.25. The van der Waals surface area contributed by atoms with Gasteiger partial charge in [-0.2, -0.15) is 10.4 Å². The Bertz CT molecular complexity index is 308. The third kappa shape index (κ3) is 13.6. The van der Waals surface area contributed by atoms with Crippen LogP contribution in [0.3, 0.4) is 0 Å². The molecule has 0 aliphatic rings. The van der Waals surface area contributed by atoms with Crippen LogP contribution in [0.5, 0.6) is 0 Å². The van der Waals surface area contributed by atoms with E-state index < -0.39 is 17.2 Å². The summed E-state index contributed by atoms with van der Waals surface area (Å²) in [6.45, 7) is 5.29. The van der Waals surface area contributed by atoms with E-state index in [1.165, 1.54) is 19.8 Å². The van der Waals surface area contributed by atoms with Crippen molar-refractivity contribution in [2.75, 3.05) is 13.7 Å². The van der Waals surface area contributed by atoms with Crippen molar-refractivity contribution in [1.82, 2.24) is 0 Å². The quantitative estimate of drug-likeness (QED) is 0.218. The second kappa shape index (κ2) is 13.3. The minimum absolute atomic E-state index is 0.0744. The fourth-order valence-electron chi connectivity index (χ4n) is 1.46. The number of hydrogen-bond donors (Lipinski definition) is 2. The summed E-state index contributed by atoms with van der Waals surface area (Å²) < 4.78 is 8.50. The van der Waals surface area contributed by atoms with Gasteiger partial charge in [-0.25, -0.2) is 0 Å². The molecule has 0 heterocycles. The van der Waals surface area contributed by atoms with Crippen molar-refractivity contribution in [2.24, 2.45) is 0 Å². The van der Waals surface area contributed by atoms with Crippen molar-refractivity contribution >= 4 is 12.1 Å². The van der Waals surface area contributed by atoms with Crippen LogP contribution >= 0.6 is 0 Å². The maximum atomic E-state index is 11.4. The predicted octanol–water partition coefficient (Wildman–Crippen LogP) is 1.83. The normalized spacial score (nSPS) is 11.9. The monoisotopic (exact) mass is 323 g/mol. The Hall–Kier alpha value is -1.38. The summed E-state index contributed by atoms with van der Waals surface area (Å²) in [4.78, 5) is 19.2. The number of carbonyl (C=O) groups excluding carboxylic acids is 2. The number of carbonyl (C=O) groups is 2. The zero-order valence-electron chi connectivity index (χ0n) is 13.9. The standard InChI is InChI=1S/C12H26NO4.C2H4O3/c1-4-6-7-8-9-10-12(14)17-11(3)13(15,16)5-2;1-5-2(3)4/h11,15-16H,4-10H2,1-3H3;1H3,(H,3,4)/q+1;/p-1. The Labute approximate surface area is 131 Å². The summed E-state index contributed by atoms with van der Waals surface area (Å²) in [7, 11) is 1.04. The molecule has 0 amide bonds. The number of nitrogens with zero attached hydrogens (tertiary/aromatic N) is 1. The van der Waals surface area contributed by atoms with E-state index in [0.29, 0.717) is 6.42 Å². The van der Waals surface area contributed by atoms with Crippen LogP contribution in [0.15, 0.2) is 0 Å². The number of esters is 1. The van der Waals surface area contributed by atoms with Crippen LogP contribution in [0.4, 0.5) is 4.79 Å². The minimum atomic E-state index is -1.50. The van der Waals surface area contributed by atoms with Crippen molar-refractivity contribution in [3.63, 3.8) is 0 Å². The number of methoxy groups -OCH3 is 1. The molecular weight excluding hydrogens is 294 g/mol. The molecule has 1 unspecified atom stereocenters. The molecule has 132 valence electrons. The summed E-state index contributed by atoms with van der Waals surface area (Å²) in [6, 6.07) is 0. The molecule has 1 atom stereocenters. The first-order valence-electron chi connectivity index (χ1n) is 7.48. The van der Waals surface area contributed by atoms with Gasteiger partial charge in [-0.15, -0.1) is 0 Å². The van der Waals surface area contributed by atoms with Crippen molar-refractivity contribution in [1.29, 1.82) is 0 Å². The molecule has 0 spiro atoms. The molecule has 0 aromatic heterocycles. The summed E-state index contributed by atoms with van der Waals surface area (Å²) in [5.74, 6) is -0.368. The van der Waals surface area contributed by atoms with Crippen molar-refractivity contribution in [3.05, 3.63) is 0 Å². The molecule has 0 fully saturated rings. The first kappa shape index (κ1) is 22.9. The van der Waals surface area contributed by atoms with Crippen LogP contribution in [-0.2, 0) is 14.3 Å². The predicted molar refractivity (Wildman–Crippen MR) is 75.7 cm³/mol. The van der Waals surface area contributed by atoms with Crippen LogP contribution < -0.4 is 5.11 Å². The van der Waals surface area contributed by atoms with Crippen LogP contribution in [0, 0.1) is 0 Å². The lowest BCUT2D eigenvalue weighted by Crippen LogP contribution is -2.50. The van der Waals surface area contributed by atoms with Gasteiger partial charge < -0.3 is 19.4 Å². The lowest BCUT2D eigenvalue weighted by atomic mass is 10.1. The highest BCUT2D eigenvalue weighted by Gasteiger charge is 2.32. The van der Waals surface area contributed by atoms with Gasteiger partial charge in [0.15, 0.2) is 0 Å². The van der Waals surface area contributed by atoms with E-state index in [1.54, 1.807) is 6.92 Å². The molecule has 0 aromatic carbocycles. The number of quaternary nitrogens is 1. The van der Waals surface area contributed by atoms with Crippen molar-refractivity contribution in [3.8, 4) is 0 Å². The van der Waals surface area contributed by atoms with E-state index in [9.17, 15) is 15.2 Å². The molecule has 0 saturated carbocycles. The minimum Gasteiger partial charge on any atom is -0.553 e. The highest BCUT2D eigenvalue weighted by atomic mass is 16.9. The lowest BCUT2D eigenvalue weighted by molar-refractivity contribution is -1.27. The molecule has 0 bridgehead atoms. The fraction of sp³-hybridized carbons (Fsp3) is 0.857. The zero-order chi connectivity index (χ0) is 17.6. The topological polar surface area (TPSA) is 116 Å². The van der Waals surface area contributed by atoms with Gasteiger partial charge in [0.25, 0.3) is 12.4 Å². The number of ether oxygens (including phenoxy) is 2.